The molecule has 2 N–H and O–H groups in total. The van der Waals surface area contributed by atoms with Crippen LogP contribution in [0.5, 0.6) is 0 Å². The molecular weight excluding hydrogens is 432 g/mol. The molecule has 0 aromatic carbocycles. The van der Waals surface area contributed by atoms with E-state index in [0.29, 0.717) is 18.7 Å². The SMILES string of the molecule is CCc1cc2ncc(CN3CCN(c4ccc(C(=O)N[C@H](C)COC)nc4)CC3)cc2[nH]c1=O. The van der Waals surface area contributed by atoms with Gasteiger partial charge in [0.05, 0.1) is 29.5 Å². The van der Waals surface area contributed by atoms with Crippen molar-refractivity contribution in [1.82, 2.24) is 25.2 Å². The Morgan fingerprint density at radius 1 is 1.18 bits per heavy atom. The van der Waals surface area contributed by atoms with Crippen molar-refractivity contribution >= 4 is 22.6 Å². The third kappa shape index (κ3) is 5.60. The highest BCUT2D eigenvalue weighted by Gasteiger charge is 2.19. The van der Waals surface area contributed by atoms with Gasteiger partial charge in [-0.3, -0.25) is 19.5 Å². The van der Waals surface area contributed by atoms with Crippen LogP contribution in [-0.2, 0) is 17.7 Å². The van der Waals surface area contributed by atoms with Gasteiger partial charge >= 0.3 is 0 Å². The van der Waals surface area contributed by atoms with Gasteiger partial charge in [-0.1, -0.05) is 6.92 Å². The van der Waals surface area contributed by atoms with Gasteiger partial charge in [0.1, 0.15) is 5.69 Å². The van der Waals surface area contributed by atoms with Crippen molar-refractivity contribution in [3.05, 3.63) is 63.8 Å². The van der Waals surface area contributed by atoms with Gasteiger partial charge in [-0.15, -0.1) is 0 Å². The van der Waals surface area contributed by atoms with Crippen molar-refractivity contribution in [2.45, 2.75) is 32.9 Å². The summed E-state index contributed by atoms with van der Waals surface area (Å²) in [6, 6.07) is 7.55. The number of rotatable bonds is 8. The Morgan fingerprint density at radius 2 is 1.97 bits per heavy atom. The molecule has 1 aliphatic rings. The van der Waals surface area contributed by atoms with Crippen molar-refractivity contribution in [1.29, 1.82) is 0 Å². The number of anilines is 1. The number of carbonyl (C=O) groups excluding carboxylic acids is 1. The Bertz CT molecular complexity index is 1190. The quantitative estimate of drug-likeness (QED) is 0.525. The number of amides is 1. The fraction of sp³-hybridized carbons (Fsp3) is 0.440. The summed E-state index contributed by atoms with van der Waals surface area (Å²) in [5.74, 6) is -0.197. The van der Waals surface area contributed by atoms with Crippen LogP contribution in [0.4, 0.5) is 5.69 Å². The van der Waals surface area contributed by atoms with Crippen LogP contribution in [0.1, 0.15) is 35.5 Å². The lowest BCUT2D eigenvalue weighted by Crippen LogP contribution is -2.46. The van der Waals surface area contributed by atoms with E-state index in [1.807, 2.05) is 38.2 Å². The number of H-pyrrole nitrogens is 1. The molecule has 3 aromatic heterocycles. The molecule has 9 heteroatoms. The largest absolute Gasteiger partial charge is 0.383 e. The Morgan fingerprint density at radius 3 is 2.65 bits per heavy atom. The molecule has 1 fully saturated rings. The zero-order chi connectivity index (χ0) is 24.1. The normalized spacial score (nSPS) is 15.4. The van der Waals surface area contributed by atoms with Crippen LogP contribution in [0.25, 0.3) is 11.0 Å². The third-order valence-corrected chi connectivity index (χ3v) is 6.13. The van der Waals surface area contributed by atoms with Crippen LogP contribution in [0.3, 0.4) is 0 Å². The first kappa shape index (κ1) is 23.8. The lowest BCUT2D eigenvalue weighted by Gasteiger charge is -2.36. The molecule has 1 amide bonds. The van der Waals surface area contributed by atoms with E-state index in [-0.39, 0.29) is 17.5 Å². The number of fused-ring (bicyclic) bond motifs is 1. The van der Waals surface area contributed by atoms with Crippen LogP contribution in [0.15, 0.2) is 41.5 Å². The van der Waals surface area contributed by atoms with E-state index >= 15 is 0 Å². The minimum absolute atomic E-state index is 0.0378. The van der Waals surface area contributed by atoms with Crippen molar-refractivity contribution in [3.63, 3.8) is 0 Å². The Labute approximate surface area is 199 Å². The Kier molecular flexibility index (Phi) is 7.54. The molecule has 9 nitrogen and oxygen atoms in total. The van der Waals surface area contributed by atoms with E-state index in [1.54, 1.807) is 19.4 Å². The average molecular weight is 465 g/mol. The van der Waals surface area contributed by atoms with Crippen LogP contribution >= 0.6 is 0 Å². The van der Waals surface area contributed by atoms with E-state index in [1.165, 1.54) is 0 Å². The van der Waals surface area contributed by atoms with Crippen molar-refractivity contribution in [2.24, 2.45) is 0 Å². The summed E-state index contributed by atoms with van der Waals surface area (Å²) in [5, 5.41) is 2.87. The van der Waals surface area contributed by atoms with Gasteiger partial charge in [-0.05, 0) is 43.2 Å². The first-order valence-electron chi connectivity index (χ1n) is 11.7. The minimum atomic E-state index is -0.197. The zero-order valence-corrected chi connectivity index (χ0v) is 20.0. The number of aryl methyl sites for hydroxylation is 1. The number of hydrogen-bond donors (Lipinski definition) is 2. The zero-order valence-electron chi connectivity index (χ0n) is 20.0. The number of nitrogens with zero attached hydrogens (tertiary/aromatic N) is 4. The van der Waals surface area contributed by atoms with Gasteiger partial charge in [-0.25, -0.2) is 4.98 Å². The summed E-state index contributed by atoms with van der Waals surface area (Å²) in [7, 11) is 1.61. The van der Waals surface area contributed by atoms with Crippen LogP contribution in [0, 0.1) is 0 Å². The third-order valence-electron chi connectivity index (χ3n) is 6.13. The first-order valence-corrected chi connectivity index (χ1v) is 11.7. The molecule has 34 heavy (non-hydrogen) atoms. The summed E-state index contributed by atoms with van der Waals surface area (Å²) >= 11 is 0. The molecule has 0 bridgehead atoms. The number of aromatic amines is 1. The lowest BCUT2D eigenvalue weighted by molar-refractivity contribution is 0.0900. The monoisotopic (exact) mass is 464 g/mol. The van der Waals surface area contributed by atoms with Crippen LogP contribution in [-0.4, -0.2) is 71.7 Å². The summed E-state index contributed by atoms with van der Waals surface area (Å²) in [4.78, 5) is 41.0. The van der Waals surface area contributed by atoms with E-state index in [2.05, 4.69) is 30.1 Å². The van der Waals surface area contributed by atoms with E-state index < -0.39 is 0 Å². The van der Waals surface area contributed by atoms with Gasteiger partial charge in [-0.2, -0.15) is 0 Å². The number of pyridine rings is 3. The number of methoxy groups -OCH3 is 1. The maximum Gasteiger partial charge on any atom is 0.270 e. The first-order chi connectivity index (χ1) is 16.5. The molecule has 4 heterocycles. The fourth-order valence-corrected chi connectivity index (χ4v) is 4.24. The topological polar surface area (TPSA) is 103 Å². The molecule has 4 rings (SSSR count). The molecule has 180 valence electrons. The summed E-state index contributed by atoms with van der Waals surface area (Å²) in [6.45, 7) is 8.65. The molecule has 0 unspecified atom stereocenters. The maximum absolute atomic E-state index is 12.3. The maximum atomic E-state index is 12.3. The van der Waals surface area contributed by atoms with Crippen LogP contribution in [0.2, 0.25) is 0 Å². The molecule has 0 radical (unpaired) electrons. The highest BCUT2D eigenvalue weighted by molar-refractivity contribution is 5.92. The fourth-order valence-electron chi connectivity index (χ4n) is 4.24. The van der Waals surface area contributed by atoms with E-state index in [4.69, 9.17) is 4.74 Å². The number of hydrogen-bond acceptors (Lipinski definition) is 7. The van der Waals surface area contributed by atoms with Crippen molar-refractivity contribution < 1.29 is 9.53 Å². The molecule has 0 spiro atoms. The van der Waals surface area contributed by atoms with E-state index in [9.17, 15) is 9.59 Å². The molecule has 3 aromatic rings. The average Bonchev–Trinajstić information content (AvgIpc) is 2.84. The number of aromatic nitrogens is 3. The standard InChI is InChI=1S/C25H32N6O3/c1-4-19-12-22-23(29-24(19)32)11-18(13-26-22)15-30-7-9-31(10-8-30)20-5-6-21(27-14-20)25(33)28-17(2)16-34-3/h5-6,11-14,17H,4,7-10,15-16H2,1-3H3,(H,28,33)(H,29,32)/t17-/m1/s1. The lowest BCUT2D eigenvalue weighted by atomic mass is 10.1. The Balaban J connectivity index is 1.32. The predicted molar refractivity (Wildman–Crippen MR) is 132 cm³/mol. The molecule has 1 saturated heterocycles. The second-order valence-electron chi connectivity index (χ2n) is 8.75. The Hall–Kier alpha value is -3.30. The second kappa shape index (κ2) is 10.8. The molecule has 1 aliphatic heterocycles. The van der Waals surface area contributed by atoms with Gasteiger partial charge in [0, 0.05) is 57.6 Å². The number of nitrogens with one attached hydrogen (secondary N) is 2. The number of carbonyl (C=O) groups is 1. The second-order valence-corrected chi connectivity index (χ2v) is 8.75. The van der Waals surface area contributed by atoms with Gasteiger partial charge in [0.2, 0.25) is 0 Å². The molecule has 1 atom stereocenters. The minimum Gasteiger partial charge on any atom is -0.383 e. The summed E-state index contributed by atoms with van der Waals surface area (Å²) in [6.07, 6.45) is 4.35. The van der Waals surface area contributed by atoms with Gasteiger partial charge in [0.25, 0.3) is 11.5 Å². The summed E-state index contributed by atoms with van der Waals surface area (Å²) < 4.78 is 5.05. The molecular formula is C25H32N6O3. The summed E-state index contributed by atoms with van der Waals surface area (Å²) in [5.41, 5.74) is 4.82. The van der Waals surface area contributed by atoms with Gasteiger partial charge < -0.3 is 19.9 Å². The smallest absolute Gasteiger partial charge is 0.270 e. The van der Waals surface area contributed by atoms with Gasteiger partial charge in [0.15, 0.2) is 0 Å². The molecule has 0 aliphatic carbocycles. The number of ether oxygens (including phenoxy) is 1. The predicted octanol–water partition coefficient (Wildman–Crippen LogP) is 1.97. The van der Waals surface area contributed by atoms with Crippen LogP contribution < -0.4 is 15.8 Å². The highest BCUT2D eigenvalue weighted by Crippen LogP contribution is 2.18. The highest BCUT2D eigenvalue weighted by atomic mass is 16.5. The number of piperazine rings is 1. The van der Waals surface area contributed by atoms with E-state index in [0.717, 1.165) is 60.6 Å². The van der Waals surface area contributed by atoms with Crippen molar-refractivity contribution in [2.75, 3.05) is 44.8 Å². The van der Waals surface area contributed by atoms with Crippen molar-refractivity contribution in [3.8, 4) is 0 Å². The molecule has 0 saturated carbocycles.